The Morgan fingerprint density at radius 1 is 1.22 bits per heavy atom. The summed E-state index contributed by atoms with van der Waals surface area (Å²) in [4.78, 5) is 25.4. The molecule has 0 radical (unpaired) electrons. The number of carbonyl (C=O) groups excluding carboxylic acids is 2. The highest BCUT2D eigenvalue weighted by Gasteiger charge is 2.13. The van der Waals surface area contributed by atoms with Crippen LogP contribution >= 0.6 is 12.4 Å². The normalized spacial score (nSPS) is 10.3. The summed E-state index contributed by atoms with van der Waals surface area (Å²) in [5.74, 6) is 0.0123. The van der Waals surface area contributed by atoms with Crippen molar-refractivity contribution in [3.05, 3.63) is 35.9 Å². The first kappa shape index (κ1) is 21.4. The van der Waals surface area contributed by atoms with Gasteiger partial charge in [-0.2, -0.15) is 0 Å². The fourth-order valence-corrected chi connectivity index (χ4v) is 1.95. The quantitative estimate of drug-likeness (QED) is 0.665. The van der Waals surface area contributed by atoms with Crippen LogP contribution in [0.25, 0.3) is 0 Å². The summed E-state index contributed by atoms with van der Waals surface area (Å²) in [5, 5.41) is 4.99. The number of hydrogen-bond acceptors (Lipinski definition) is 4. The largest absolute Gasteiger partial charge is 0.338 e. The number of benzene rings is 1. The minimum atomic E-state index is -0.453. The maximum Gasteiger partial charge on any atom is 0.321 e. The van der Waals surface area contributed by atoms with Gasteiger partial charge in [0.2, 0.25) is 5.91 Å². The van der Waals surface area contributed by atoms with Gasteiger partial charge in [-0.15, -0.1) is 12.4 Å². The molecule has 7 heteroatoms. The summed E-state index contributed by atoms with van der Waals surface area (Å²) in [6.07, 6.45) is 0. The number of amides is 3. The molecule has 0 saturated carbocycles. The highest BCUT2D eigenvalue weighted by Crippen LogP contribution is 2.03. The van der Waals surface area contributed by atoms with Crippen molar-refractivity contribution >= 4 is 24.3 Å². The average molecular weight is 343 g/mol. The van der Waals surface area contributed by atoms with Crippen molar-refractivity contribution in [2.24, 2.45) is 11.7 Å². The van der Waals surface area contributed by atoms with Crippen LogP contribution in [0.3, 0.4) is 0 Å². The minimum absolute atomic E-state index is 0. The predicted molar refractivity (Wildman–Crippen MR) is 94.4 cm³/mol. The van der Waals surface area contributed by atoms with Crippen LogP contribution in [0.15, 0.2) is 30.3 Å². The van der Waals surface area contributed by atoms with Gasteiger partial charge in [0, 0.05) is 26.2 Å². The Hall–Kier alpha value is -1.63. The first-order valence-corrected chi connectivity index (χ1v) is 7.55. The molecule has 1 rings (SSSR count). The van der Waals surface area contributed by atoms with Crippen LogP contribution in [0.2, 0.25) is 0 Å². The third-order valence-corrected chi connectivity index (χ3v) is 2.99. The molecule has 4 N–H and O–H groups in total. The summed E-state index contributed by atoms with van der Waals surface area (Å²) in [6.45, 7) is 6.33. The Kier molecular flexibility index (Phi) is 11.0. The van der Waals surface area contributed by atoms with E-state index in [1.54, 1.807) is 0 Å². The van der Waals surface area contributed by atoms with Crippen LogP contribution in [0, 0.1) is 5.92 Å². The molecule has 0 unspecified atom stereocenters. The Bertz CT molecular complexity index is 468. The van der Waals surface area contributed by atoms with Gasteiger partial charge in [-0.1, -0.05) is 44.2 Å². The lowest BCUT2D eigenvalue weighted by Gasteiger charge is -2.21. The molecule has 0 spiro atoms. The number of hydrogen-bond donors (Lipinski definition) is 3. The number of imide groups is 1. The second kappa shape index (κ2) is 11.9. The van der Waals surface area contributed by atoms with Gasteiger partial charge in [0.05, 0.1) is 6.54 Å². The van der Waals surface area contributed by atoms with Crippen molar-refractivity contribution < 1.29 is 9.59 Å². The van der Waals surface area contributed by atoms with E-state index in [1.807, 2.05) is 49.1 Å². The lowest BCUT2D eigenvalue weighted by molar-refractivity contribution is -0.121. The Labute approximate surface area is 144 Å². The molecule has 6 nitrogen and oxygen atoms in total. The fourth-order valence-electron chi connectivity index (χ4n) is 1.95. The molecule has 0 bridgehead atoms. The lowest BCUT2D eigenvalue weighted by Crippen LogP contribution is -2.45. The molecule has 0 aliphatic heterocycles. The highest BCUT2D eigenvalue weighted by molar-refractivity contribution is 5.95. The molecule has 0 aliphatic rings. The van der Waals surface area contributed by atoms with Crippen molar-refractivity contribution in [3.63, 3.8) is 0 Å². The third kappa shape index (κ3) is 9.89. The summed E-state index contributed by atoms with van der Waals surface area (Å²) >= 11 is 0. The van der Waals surface area contributed by atoms with Gasteiger partial charge in [0.1, 0.15) is 0 Å². The smallest absolute Gasteiger partial charge is 0.321 e. The number of urea groups is 1. The number of nitrogens with two attached hydrogens (primary N) is 1. The van der Waals surface area contributed by atoms with E-state index in [4.69, 9.17) is 5.73 Å². The molecule has 0 heterocycles. The number of nitrogens with one attached hydrogen (secondary N) is 2. The number of carbonyl (C=O) groups is 2. The van der Waals surface area contributed by atoms with Crippen molar-refractivity contribution in [2.45, 2.75) is 20.4 Å². The maximum absolute atomic E-state index is 11.9. The molecule has 1 aromatic carbocycles. The molecule has 0 aliphatic carbocycles. The van der Waals surface area contributed by atoms with Gasteiger partial charge >= 0.3 is 6.03 Å². The Morgan fingerprint density at radius 3 is 2.43 bits per heavy atom. The molecule has 3 amide bonds. The maximum atomic E-state index is 11.9. The zero-order chi connectivity index (χ0) is 16.4. The summed E-state index contributed by atoms with van der Waals surface area (Å²) in [5.41, 5.74) is 6.69. The van der Waals surface area contributed by atoms with Crippen LogP contribution < -0.4 is 16.4 Å². The van der Waals surface area contributed by atoms with Crippen LogP contribution in [0.1, 0.15) is 19.4 Å². The molecule has 130 valence electrons. The predicted octanol–water partition coefficient (Wildman–Crippen LogP) is 1.35. The number of nitrogens with zero attached hydrogens (tertiary/aromatic N) is 1. The molecule has 0 atom stereocenters. The molecule has 0 fully saturated rings. The van der Waals surface area contributed by atoms with E-state index in [2.05, 4.69) is 10.6 Å². The molecule has 0 aromatic heterocycles. The van der Waals surface area contributed by atoms with Gasteiger partial charge in [0.25, 0.3) is 0 Å². The van der Waals surface area contributed by atoms with Crippen molar-refractivity contribution in [1.29, 1.82) is 0 Å². The zero-order valence-corrected chi connectivity index (χ0v) is 14.6. The van der Waals surface area contributed by atoms with Gasteiger partial charge in [-0.25, -0.2) is 4.79 Å². The Balaban J connectivity index is 0.00000484. The summed E-state index contributed by atoms with van der Waals surface area (Å²) < 4.78 is 0. The van der Waals surface area contributed by atoms with Crippen molar-refractivity contribution in [3.8, 4) is 0 Å². The second-order valence-corrected chi connectivity index (χ2v) is 5.64. The van der Waals surface area contributed by atoms with E-state index in [0.717, 1.165) is 5.56 Å². The molecule has 23 heavy (non-hydrogen) atoms. The standard InChI is InChI=1S/C16H26N4O2.ClH/c1-13(2)10-18-16(22)19-15(21)12-20(9-8-17)11-14-6-4-3-5-7-14;/h3-7,13H,8-12,17H2,1-2H3,(H2,18,19,21,22);1H. The van der Waals surface area contributed by atoms with E-state index in [0.29, 0.717) is 32.1 Å². The average Bonchev–Trinajstić information content (AvgIpc) is 2.46. The van der Waals surface area contributed by atoms with Gasteiger partial charge in [-0.3, -0.25) is 15.0 Å². The van der Waals surface area contributed by atoms with Crippen LogP contribution in [0.5, 0.6) is 0 Å². The van der Waals surface area contributed by atoms with Crippen LogP contribution in [-0.4, -0.2) is 43.0 Å². The zero-order valence-electron chi connectivity index (χ0n) is 13.7. The Morgan fingerprint density at radius 2 is 1.87 bits per heavy atom. The van der Waals surface area contributed by atoms with Crippen LogP contribution in [-0.2, 0) is 11.3 Å². The lowest BCUT2D eigenvalue weighted by atomic mass is 10.2. The second-order valence-electron chi connectivity index (χ2n) is 5.64. The van der Waals surface area contributed by atoms with Gasteiger partial charge < -0.3 is 11.1 Å². The monoisotopic (exact) mass is 342 g/mol. The van der Waals surface area contributed by atoms with E-state index in [1.165, 1.54) is 0 Å². The first-order valence-electron chi connectivity index (χ1n) is 7.55. The summed E-state index contributed by atoms with van der Waals surface area (Å²) in [7, 11) is 0. The third-order valence-electron chi connectivity index (χ3n) is 2.99. The van der Waals surface area contributed by atoms with E-state index in [-0.39, 0.29) is 24.9 Å². The van der Waals surface area contributed by atoms with E-state index >= 15 is 0 Å². The van der Waals surface area contributed by atoms with Gasteiger partial charge in [0.15, 0.2) is 0 Å². The fraction of sp³-hybridized carbons (Fsp3) is 0.500. The van der Waals surface area contributed by atoms with Crippen molar-refractivity contribution in [2.75, 3.05) is 26.2 Å². The first-order chi connectivity index (χ1) is 10.5. The van der Waals surface area contributed by atoms with Crippen LogP contribution in [0.4, 0.5) is 4.79 Å². The van der Waals surface area contributed by atoms with E-state index in [9.17, 15) is 9.59 Å². The minimum Gasteiger partial charge on any atom is -0.338 e. The number of rotatable bonds is 8. The molecule has 0 saturated heterocycles. The topological polar surface area (TPSA) is 87.5 Å². The highest BCUT2D eigenvalue weighted by atomic mass is 35.5. The molecule has 1 aromatic rings. The molecular weight excluding hydrogens is 316 g/mol. The molecular formula is C16H27ClN4O2. The number of halogens is 1. The van der Waals surface area contributed by atoms with Crippen molar-refractivity contribution in [1.82, 2.24) is 15.5 Å². The van der Waals surface area contributed by atoms with Gasteiger partial charge in [-0.05, 0) is 11.5 Å². The summed E-state index contributed by atoms with van der Waals surface area (Å²) in [6, 6.07) is 9.40. The SMILES string of the molecule is CC(C)CNC(=O)NC(=O)CN(CCN)Cc1ccccc1.Cl. The van der Waals surface area contributed by atoms with E-state index < -0.39 is 6.03 Å².